The Kier molecular flexibility index (Phi) is 5.89. The second-order valence-corrected chi connectivity index (χ2v) is 6.88. The van der Waals surface area contributed by atoms with E-state index in [4.69, 9.17) is 0 Å². The number of nitrogens with zero attached hydrogens (tertiary/aromatic N) is 3. The van der Waals surface area contributed by atoms with Gasteiger partial charge in [-0.1, -0.05) is 30.3 Å². The maximum absolute atomic E-state index is 12.6. The van der Waals surface area contributed by atoms with Crippen LogP contribution in [0.15, 0.2) is 60.9 Å². The van der Waals surface area contributed by atoms with Crippen LogP contribution in [0.5, 0.6) is 0 Å². The molecule has 3 aromatic rings. The fourth-order valence-corrected chi connectivity index (χ4v) is 3.03. The highest BCUT2D eigenvalue weighted by molar-refractivity contribution is 5.99. The van der Waals surface area contributed by atoms with E-state index in [2.05, 4.69) is 10.4 Å². The summed E-state index contributed by atoms with van der Waals surface area (Å²) in [5, 5.41) is 7.08. The summed E-state index contributed by atoms with van der Waals surface area (Å²) in [6, 6.07) is 15.1. The summed E-state index contributed by atoms with van der Waals surface area (Å²) in [5.74, 6) is -0.411. The largest absolute Gasteiger partial charge is 0.332 e. The highest BCUT2D eigenvalue weighted by atomic mass is 16.2. The zero-order chi connectivity index (χ0) is 20.1. The molecule has 0 unspecified atom stereocenters. The lowest BCUT2D eigenvalue weighted by Gasteiger charge is -2.18. The van der Waals surface area contributed by atoms with Crippen LogP contribution in [0.4, 0.5) is 5.69 Å². The van der Waals surface area contributed by atoms with E-state index in [1.165, 1.54) is 4.90 Å². The smallest absolute Gasteiger partial charge is 0.254 e. The molecular formula is C22H24N4O2. The average Bonchev–Trinajstić information content (AvgIpc) is 3.18. The quantitative estimate of drug-likeness (QED) is 0.718. The molecule has 2 amide bonds. The van der Waals surface area contributed by atoms with Crippen molar-refractivity contribution in [3.8, 4) is 0 Å². The standard InChI is InChI=1S/C22H24N4O2/c1-16-6-4-7-17(2)21(16)24-20(27)15-25(3)22(28)19-10-8-18(9-11-19)14-26-13-5-12-23-26/h4-13H,14-15H2,1-3H3,(H,24,27). The van der Waals surface area contributed by atoms with Gasteiger partial charge in [-0.3, -0.25) is 14.3 Å². The molecule has 1 heterocycles. The minimum absolute atomic E-state index is 0.0123. The van der Waals surface area contributed by atoms with E-state index in [1.807, 2.05) is 61.1 Å². The number of aryl methyl sites for hydroxylation is 2. The van der Waals surface area contributed by atoms with Crippen LogP contribution in [0.1, 0.15) is 27.0 Å². The predicted octanol–water partition coefficient (Wildman–Crippen LogP) is 3.26. The van der Waals surface area contributed by atoms with Gasteiger partial charge in [0, 0.05) is 30.7 Å². The van der Waals surface area contributed by atoms with E-state index in [-0.39, 0.29) is 18.4 Å². The Hall–Kier alpha value is -3.41. The number of benzene rings is 2. The van der Waals surface area contributed by atoms with Gasteiger partial charge in [-0.05, 0) is 48.7 Å². The summed E-state index contributed by atoms with van der Waals surface area (Å²) in [6.07, 6.45) is 3.62. The summed E-state index contributed by atoms with van der Waals surface area (Å²) < 4.78 is 1.82. The van der Waals surface area contributed by atoms with E-state index in [0.717, 1.165) is 22.4 Å². The summed E-state index contributed by atoms with van der Waals surface area (Å²) in [6.45, 7) is 4.53. The van der Waals surface area contributed by atoms with Gasteiger partial charge in [-0.2, -0.15) is 5.10 Å². The first-order valence-electron chi connectivity index (χ1n) is 9.12. The molecule has 0 aliphatic heterocycles. The molecule has 0 atom stereocenters. The third-order valence-corrected chi connectivity index (χ3v) is 4.58. The fraction of sp³-hybridized carbons (Fsp3) is 0.227. The Morgan fingerprint density at radius 2 is 1.71 bits per heavy atom. The van der Waals surface area contributed by atoms with Crippen LogP contribution in [-0.4, -0.2) is 40.1 Å². The Morgan fingerprint density at radius 3 is 2.32 bits per heavy atom. The van der Waals surface area contributed by atoms with Crippen LogP contribution in [0.2, 0.25) is 0 Å². The Bertz CT molecular complexity index is 942. The number of likely N-dealkylation sites (N-methyl/N-ethyl adjacent to an activating group) is 1. The van der Waals surface area contributed by atoms with E-state index in [1.54, 1.807) is 25.4 Å². The lowest BCUT2D eigenvalue weighted by atomic mass is 10.1. The van der Waals surface area contributed by atoms with E-state index < -0.39 is 0 Å². The topological polar surface area (TPSA) is 67.2 Å². The predicted molar refractivity (Wildman–Crippen MR) is 109 cm³/mol. The maximum Gasteiger partial charge on any atom is 0.254 e. The number of carbonyl (C=O) groups is 2. The molecule has 0 bridgehead atoms. The summed E-state index contributed by atoms with van der Waals surface area (Å²) in [4.78, 5) is 26.4. The number of rotatable bonds is 6. The lowest BCUT2D eigenvalue weighted by Crippen LogP contribution is -2.35. The molecule has 0 fully saturated rings. The van der Waals surface area contributed by atoms with E-state index in [0.29, 0.717) is 12.1 Å². The van der Waals surface area contributed by atoms with Gasteiger partial charge in [-0.25, -0.2) is 0 Å². The van der Waals surface area contributed by atoms with Crippen molar-refractivity contribution in [1.82, 2.24) is 14.7 Å². The summed E-state index contributed by atoms with van der Waals surface area (Å²) in [5.41, 5.74) is 4.39. The molecule has 0 saturated carbocycles. The van der Waals surface area contributed by atoms with Crippen LogP contribution in [0, 0.1) is 13.8 Å². The Balaban J connectivity index is 1.60. The zero-order valence-corrected chi connectivity index (χ0v) is 16.3. The highest BCUT2D eigenvalue weighted by Crippen LogP contribution is 2.19. The molecule has 0 spiro atoms. The monoisotopic (exact) mass is 376 g/mol. The van der Waals surface area contributed by atoms with Crippen molar-refractivity contribution in [3.05, 3.63) is 83.2 Å². The van der Waals surface area contributed by atoms with Crippen molar-refractivity contribution >= 4 is 17.5 Å². The molecule has 1 aromatic heterocycles. The van der Waals surface area contributed by atoms with Gasteiger partial charge in [0.1, 0.15) is 0 Å². The van der Waals surface area contributed by atoms with E-state index in [9.17, 15) is 9.59 Å². The number of carbonyl (C=O) groups excluding carboxylic acids is 2. The number of amides is 2. The molecule has 0 aliphatic carbocycles. The third-order valence-electron chi connectivity index (χ3n) is 4.58. The molecule has 144 valence electrons. The number of aromatic nitrogens is 2. The first-order valence-corrected chi connectivity index (χ1v) is 9.12. The molecule has 28 heavy (non-hydrogen) atoms. The van der Waals surface area contributed by atoms with Crippen LogP contribution < -0.4 is 5.32 Å². The number of hydrogen-bond acceptors (Lipinski definition) is 3. The van der Waals surface area contributed by atoms with Crippen LogP contribution >= 0.6 is 0 Å². The van der Waals surface area contributed by atoms with Crippen LogP contribution in [-0.2, 0) is 11.3 Å². The Labute approximate surface area is 164 Å². The third kappa shape index (κ3) is 4.65. The van der Waals surface area contributed by atoms with Gasteiger partial charge in [0.2, 0.25) is 5.91 Å². The molecule has 0 aliphatic rings. The van der Waals surface area contributed by atoms with Gasteiger partial charge >= 0.3 is 0 Å². The zero-order valence-electron chi connectivity index (χ0n) is 16.3. The van der Waals surface area contributed by atoms with Gasteiger partial charge in [0.15, 0.2) is 0 Å². The number of anilines is 1. The fourth-order valence-electron chi connectivity index (χ4n) is 3.03. The van der Waals surface area contributed by atoms with Crippen LogP contribution in [0.3, 0.4) is 0 Å². The molecular weight excluding hydrogens is 352 g/mol. The molecule has 6 nitrogen and oxygen atoms in total. The van der Waals surface area contributed by atoms with Crippen molar-refractivity contribution in [2.24, 2.45) is 0 Å². The Morgan fingerprint density at radius 1 is 1.04 bits per heavy atom. The van der Waals surface area contributed by atoms with Crippen LogP contribution in [0.25, 0.3) is 0 Å². The van der Waals surface area contributed by atoms with Gasteiger partial charge < -0.3 is 10.2 Å². The molecule has 3 rings (SSSR count). The number of para-hydroxylation sites is 1. The van der Waals surface area contributed by atoms with Gasteiger partial charge in [0.25, 0.3) is 5.91 Å². The summed E-state index contributed by atoms with van der Waals surface area (Å²) in [7, 11) is 1.63. The summed E-state index contributed by atoms with van der Waals surface area (Å²) >= 11 is 0. The maximum atomic E-state index is 12.6. The minimum atomic E-state index is -0.219. The second kappa shape index (κ2) is 8.52. The first kappa shape index (κ1) is 19.4. The molecule has 0 saturated heterocycles. The molecule has 6 heteroatoms. The van der Waals surface area contributed by atoms with Crippen molar-refractivity contribution < 1.29 is 9.59 Å². The highest BCUT2D eigenvalue weighted by Gasteiger charge is 2.16. The lowest BCUT2D eigenvalue weighted by molar-refractivity contribution is -0.116. The first-order chi connectivity index (χ1) is 13.4. The average molecular weight is 376 g/mol. The van der Waals surface area contributed by atoms with Crippen molar-refractivity contribution in [1.29, 1.82) is 0 Å². The number of hydrogen-bond donors (Lipinski definition) is 1. The molecule has 0 radical (unpaired) electrons. The minimum Gasteiger partial charge on any atom is -0.332 e. The van der Waals surface area contributed by atoms with Gasteiger partial charge in [0.05, 0.1) is 13.1 Å². The molecule has 2 aromatic carbocycles. The SMILES string of the molecule is Cc1cccc(C)c1NC(=O)CN(C)C(=O)c1ccc(Cn2cccn2)cc1. The number of nitrogens with one attached hydrogen (secondary N) is 1. The van der Waals surface area contributed by atoms with Crippen molar-refractivity contribution in [2.45, 2.75) is 20.4 Å². The van der Waals surface area contributed by atoms with Crippen molar-refractivity contribution in [3.63, 3.8) is 0 Å². The van der Waals surface area contributed by atoms with E-state index >= 15 is 0 Å². The normalized spacial score (nSPS) is 10.5. The second-order valence-electron chi connectivity index (χ2n) is 6.88. The molecule has 1 N–H and O–H groups in total. The van der Waals surface area contributed by atoms with Crippen molar-refractivity contribution in [2.75, 3.05) is 18.9 Å². The van der Waals surface area contributed by atoms with Gasteiger partial charge in [-0.15, -0.1) is 0 Å².